The second-order valence-electron chi connectivity index (χ2n) is 7.62. The van der Waals surface area contributed by atoms with Crippen molar-refractivity contribution in [1.29, 1.82) is 0 Å². The monoisotopic (exact) mass is 406 g/mol. The summed E-state index contributed by atoms with van der Waals surface area (Å²) in [6.45, 7) is 2.94. The highest BCUT2D eigenvalue weighted by atomic mass is 32.1. The van der Waals surface area contributed by atoms with E-state index in [1.54, 1.807) is 23.7 Å². The van der Waals surface area contributed by atoms with Crippen molar-refractivity contribution in [3.63, 3.8) is 0 Å². The number of likely N-dealkylation sites (tertiary alicyclic amines) is 1. The van der Waals surface area contributed by atoms with Gasteiger partial charge in [0, 0.05) is 30.9 Å². The average Bonchev–Trinajstić information content (AvgIpc) is 3.31. The molecule has 3 aromatic rings. The Bertz CT molecular complexity index is 886. The molecule has 1 aliphatic heterocycles. The molecule has 4 rings (SSSR count). The molecule has 1 amide bonds. The van der Waals surface area contributed by atoms with Gasteiger partial charge in [-0.1, -0.05) is 24.3 Å². The summed E-state index contributed by atoms with van der Waals surface area (Å²) in [5.41, 5.74) is 4.53. The Morgan fingerprint density at radius 3 is 2.28 bits per heavy atom. The molecular weight excluding hydrogens is 380 g/mol. The Morgan fingerprint density at radius 1 is 0.966 bits per heavy atom. The van der Waals surface area contributed by atoms with Crippen LogP contribution in [0.3, 0.4) is 0 Å². The molecule has 1 saturated heterocycles. The van der Waals surface area contributed by atoms with E-state index in [4.69, 9.17) is 4.74 Å². The molecule has 1 aliphatic rings. The van der Waals surface area contributed by atoms with Gasteiger partial charge in [0.2, 0.25) is 0 Å². The molecule has 0 spiro atoms. The van der Waals surface area contributed by atoms with Crippen molar-refractivity contribution in [3.8, 4) is 0 Å². The van der Waals surface area contributed by atoms with Crippen molar-refractivity contribution in [2.24, 2.45) is 5.92 Å². The summed E-state index contributed by atoms with van der Waals surface area (Å²) < 4.78 is 5.80. The van der Waals surface area contributed by atoms with Gasteiger partial charge in [-0.15, -0.1) is 0 Å². The number of thiophene rings is 1. The summed E-state index contributed by atoms with van der Waals surface area (Å²) in [5, 5.41) is 3.91. The fraction of sp³-hybridized carbons (Fsp3) is 0.333. The Balaban J connectivity index is 1.21. The lowest BCUT2D eigenvalue weighted by Crippen LogP contribution is -2.38. The highest BCUT2D eigenvalue weighted by molar-refractivity contribution is 7.08. The first-order valence-corrected chi connectivity index (χ1v) is 11.1. The van der Waals surface area contributed by atoms with Gasteiger partial charge in [0.25, 0.3) is 5.91 Å². The molecule has 150 valence electrons. The lowest BCUT2D eigenvalue weighted by molar-refractivity contribution is 0.0691. The number of aromatic nitrogens is 1. The van der Waals surface area contributed by atoms with Gasteiger partial charge in [0.15, 0.2) is 0 Å². The summed E-state index contributed by atoms with van der Waals surface area (Å²) in [4.78, 5) is 18.5. The number of rotatable bonds is 7. The Hall–Kier alpha value is -2.50. The first-order chi connectivity index (χ1) is 14.3. The lowest BCUT2D eigenvalue weighted by Gasteiger charge is -2.32. The van der Waals surface area contributed by atoms with Crippen molar-refractivity contribution in [2.45, 2.75) is 32.5 Å². The smallest absolute Gasteiger partial charge is 0.254 e. The van der Waals surface area contributed by atoms with E-state index in [1.165, 1.54) is 11.1 Å². The molecule has 4 nitrogen and oxygen atoms in total. The summed E-state index contributed by atoms with van der Waals surface area (Å²) in [6.07, 6.45) is 6.81. The predicted octanol–water partition coefficient (Wildman–Crippen LogP) is 4.95. The number of benzene rings is 1. The zero-order valence-electron chi connectivity index (χ0n) is 16.5. The van der Waals surface area contributed by atoms with Gasteiger partial charge < -0.3 is 9.64 Å². The van der Waals surface area contributed by atoms with E-state index in [0.717, 1.165) is 43.5 Å². The van der Waals surface area contributed by atoms with Crippen LogP contribution in [0.4, 0.5) is 0 Å². The van der Waals surface area contributed by atoms with Gasteiger partial charge in [-0.25, -0.2) is 0 Å². The minimum absolute atomic E-state index is 0.181. The quantitative estimate of drug-likeness (QED) is 0.557. The highest BCUT2D eigenvalue weighted by Gasteiger charge is 2.23. The van der Waals surface area contributed by atoms with E-state index in [2.05, 4.69) is 29.2 Å². The number of hydrogen-bond donors (Lipinski definition) is 0. The third kappa shape index (κ3) is 5.52. The summed E-state index contributed by atoms with van der Waals surface area (Å²) >= 11 is 1.58. The predicted molar refractivity (Wildman–Crippen MR) is 116 cm³/mol. The molecule has 1 aromatic carbocycles. The van der Waals surface area contributed by atoms with Gasteiger partial charge in [0.05, 0.1) is 18.8 Å². The van der Waals surface area contributed by atoms with Gasteiger partial charge in [-0.2, -0.15) is 11.3 Å². The van der Waals surface area contributed by atoms with Gasteiger partial charge in [0.1, 0.15) is 0 Å². The SMILES string of the molecule is O=C(c1ccsc1)N1CCC(Cc2ccc(COCc3ccncc3)cc2)CC1. The van der Waals surface area contributed by atoms with Crippen LogP contribution in [0.2, 0.25) is 0 Å². The third-order valence-electron chi connectivity index (χ3n) is 5.50. The van der Waals surface area contributed by atoms with Crippen molar-refractivity contribution >= 4 is 17.2 Å². The molecule has 5 heteroatoms. The zero-order valence-corrected chi connectivity index (χ0v) is 17.3. The topological polar surface area (TPSA) is 42.4 Å². The molecule has 0 unspecified atom stereocenters. The number of pyridine rings is 1. The Kier molecular flexibility index (Phi) is 6.70. The van der Waals surface area contributed by atoms with E-state index in [0.29, 0.717) is 19.1 Å². The number of nitrogens with zero attached hydrogens (tertiary/aromatic N) is 2. The first-order valence-electron chi connectivity index (χ1n) is 10.1. The van der Waals surface area contributed by atoms with Crippen molar-refractivity contribution < 1.29 is 9.53 Å². The highest BCUT2D eigenvalue weighted by Crippen LogP contribution is 2.23. The van der Waals surface area contributed by atoms with E-state index in [1.807, 2.05) is 33.9 Å². The van der Waals surface area contributed by atoms with Crippen molar-refractivity contribution in [3.05, 3.63) is 87.9 Å². The molecule has 3 heterocycles. The van der Waals surface area contributed by atoms with Crippen molar-refractivity contribution in [2.75, 3.05) is 13.1 Å². The summed E-state index contributed by atoms with van der Waals surface area (Å²) in [5.74, 6) is 0.830. The summed E-state index contributed by atoms with van der Waals surface area (Å²) in [7, 11) is 0. The Labute approximate surface area is 176 Å². The van der Waals surface area contributed by atoms with Crippen LogP contribution >= 0.6 is 11.3 Å². The van der Waals surface area contributed by atoms with Crippen LogP contribution in [0.1, 0.15) is 39.9 Å². The minimum atomic E-state index is 0.181. The number of amides is 1. The molecule has 0 atom stereocenters. The molecule has 29 heavy (non-hydrogen) atoms. The number of carbonyl (C=O) groups is 1. The lowest BCUT2D eigenvalue weighted by atomic mass is 9.90. The van der Waals surface area contributed by atoms with E-state index in [9.17, 15) is 4.79 Å². The first kappa shape index (κ1) is 19.8. The number of hydrogen-bond acceptors (Lipinski definition) is 4. The van der Waals surface area contributed by atoms with Crippen LogP contribution in [0.15, 0.2) is 65.6 Å². The molecule has 0 radical (unpaired) electrons. The minimum Gasteiger partial charge on any atom is -0.372 e. The molecule has 0 N–H and O–H groups in total. The largest absolute Gasteiger partial charge is 0.372 e. The van der Waals surface area contributed by atoms with Crippen LogP contribution in [-0.4, -0.2) is 28.9 Å². The summed E-state index contributed by atoms with van der Waals surface area (Å²) in [6, 6.07) is 14.6. The second kappa shape index (κ2) is 9.81. The standard InChI is InChI=1S/C24H26N2O2S/c27-24(23-9-14-29-18-23)26-12-7-20(8-13-26)15-19-1-3-21(4-2-19)16-28-17-22-5-10-25-11-6-22/h1-6,9-11,14,18,20H,7-8,12-13,15-17H2. The Morgan fingerprint density at radius 2 is 1.62 bits per heavy atom. The fourth-order valence-electron chi connectivity index (χ4n) is 3.78. The molecule has 1 fully saturated rings. The zero-order chi connectivity index (χ0) is 19.9. The molecular formula is C24H26N2O2S. The van der Waals surface area contributed by atoms with Crippen LogP contribution in [-0.2, 0) is 24.4 Å². The van der Waals surface area contributed by atoms with Crippen LogP contribution < -0.4 is 0 Å². The average molecular weight is 407 g/mol. The molecule has 0 saturated carbocycles. The van der Waals surface area contributed by atoms with Gasteiger partial charge in [-0.05, 0) is 65.4 Å². The second-order valence-corrected chi connectivity index (χ2v) is 8.40. The maximum Gasteiger partial charge on any atom is 0.254 e. The molecule has 0 aliphatic carbocycles. The van der Waals surface area contributed by atoms with E-state index < -0.39 is 0 Å². The normalized spacial score (nSPS) is 14.8. The number of piperidine rings is 1. The van der Waals surface area contributed by atoms with Crippen LogP contribution in [0, 0.1) is 5.92 Å². The molecule has 2 aromatic heterocycles. The fourth-order valence-corrected chi connectivity index (χ4v) is 4.41. The van der Waals surface area contributed by atoms with Crippen molar-refractivity contribution in [1.82, 2.24) is 9.88 Å². The van der Waals surface area contributed by atoms with Crippen LogP contribution in [0.5, 0.6) is 0 Å². The van der Waals surface area contributed by atoms with Crippen LogP contribution in [0.25, 0.3) is 0 Å². The van der Waals surface area contributed by atoms with E-state index in [-0.39, 0.29) is 5.91 Å². The maximum absolute atomic E-state index is 12.5. The van der Waals surface area contributed by atoms with E-state index >= 15 is 0 Å². The van der Waals surface area contributed by atoms with Gasteiger partial charge >= 0.3 is 0 Å². The third-order valence-corrected chi connectivity index (χ3v) is 6.19. The molecule has 0 bridgehead atoms. The van der Waals surface area contributed by atoms with Gasteiger partial charge in [-0.3, -0.25) is 9.78 Å². The maximum atomic E-state index is 12.5. The number of ether oxygens (including phenoxy) is 1. The number of carbonyl (C=O) groups excluding carboxylic acids is 1.